The molecule has 3 rings (SSSR count). The number of amides is 3. The maximum absolute atomic E-state index is 12.2. The van der Waals surface area contributed by atoms with Gasteiger partial charge in [0.05, 0.1) is 11.6 Å². The van der Waals surface area contributed by atoms with Crippen molar-refractivity contribution in [1.82, 2.24) is 16.2 Å². The molecule has 0 atom stereocenters. The van der Waals surface area contributed by atoms with Crippen molar-refractivity contribution in [1.29, 1.82) is 0 Å². The standard InChI is InChI=1S/C18H14ClN3O3S/c19-15-12-8-4-5-9-13(12)26-16(15)18(25)20-10-14(23)21-22-17(24)11-6-2-1-3-7-11/h1-9H,10H2,(H,20,25)(H,21,23)(H,22,24). The van der Waals surface area contributed by atoms with Crippen LogP contribution in [0.15, 0.2) is 54.6 Å². The minimum atomic E-state index is -0.556. The van der Waals surface area contributed by atoms with Gasteiger partial charge in [-0.25, -0.2) is 0 Å². The molecule has 2 aromatic carbocycles. The number of fused-ring (bicyclic) bond motifs is 1. The van der Waals surface area contributed by atoms with Crippen LogP contribution in [0, 0.1) is 0 Å². The molecule has 0 fully saturated rings. The van der Waals surface area contributed by atoms with Crippen LogP contribution < -0.4 is 16.2 Å². The van der Waals surface area contributed by atoms with Crippen LogP contribution in [0.5, 0.6) is 0 Å². The van der Waals surface area contributed by atoms with Crippen LogP contribution in [0.1, 0.15) is 20.0 Å². The Bertz CT molecular complexity index is 972. The van der Waals surface area contributed by atoms with E-state index in [1.165, 1.54) is 11.3 Å². The number of hydrazine groups is 1. The molecule has 0 aliphatic heterocycles. The number of hydrogen-bond donors (Lipinski definition) is 3. The summed E-state index contributed by atoms with van der Waals surface area (Å²) < 4.78 is 0.891. The first-order valence-electron chi connectivity index (χ1n) is 7.65. The lowest BCUT2D eigenvalue weighted by atomic mass is 10.2. The van der Waals surface area contributed by atoms with Gasteiger partial charge < -0.3 is 5.32 Å². The van der Waals surface area contributed by atoms with E-state index in [0.717, 1.165) is 10.1 Å². The van der Waals surface area contributed by atoms with Crippen molar-refractivity contribution in [2.45, 2.75) is 0 Å². The third-order valence-electron chi connectivity index (χ3n) is 3.50. The van der Waals surface area contributed by atoms with E-state index in [4.69, 9.17) is 11.6 Å². The summed E-state index contributed by atoms with van der Waals surface area (Å²) in [5.41, 5.74) is 4.94. The highest BCUT2D eigenvalue weighted by Gasteiger charge is 2.17. The van der Waals surface area contributed by atoms with Gasteiger partial charge >= 0.3 is 0 Å². The van der Waals surface area contributed by atoms with E-state index in [2.05, 4.69) is 16.2 Å². The molecule has 0 aliphatic carbocycles. The van der Waals surface area contributed by atoms with Crippen molar-refractivity contribution in [3.63, 3.8) is 0 Å². The van der Waals surface area contributed by atoms with Gasteiger partial charge in [-0.15, -0.1) is 11.3 Å². The molecule has 3 N–H and O–H groups in total. The average molecular weight is 388 g/mol. The van der Waals surface area contributed by atoms with E-state index in [0.29, 0.717) is 15.5 Å². The van der Waals surface area contributed by atoms with Crippen LogP contribution in [-0.2, 0) is 4.79 Å². The van der Waals surface area contributed by atoms with Gasteiger partial charge in [0.1, 0.15) is 4.88 Å². The Morgan fingerprint density at radius 3 is 2.31 bits per heavy atom. The molecule has 132 valence electrons. The number of halogens is 1. The van der Waals surface area contributed by atoms with Crippen molar-refractivity contribution in [3.8, 4) is 0 Å². The largest absolute Gasteiger partial charge is 0.342 e. The van der Waals surface area contributed by atoms with Crippen LogP contribution in [0.25, 0.3) is 10.1 Å². The van der Waals surface area contributed by atoms with E-state index in [-0.39, 0.29) is 6.54 Å². The zero-order valence-electron chi connectivity index (χ0n) is 13.4. The van der Waals surface area contributed by atoms with Gasteiger partial charge in [-0.2, -0.15) is 0 Å². The molecule has 0 saturated heterocycles. The lowest BCUT2D eigenvalue weighted by Gasteiger charge is -2.08. The van der Waals surface area contributed by atoms with Crippen LogP contribution in [0.3, 0.4) is 0 Å². The number of thiophene rings is 1. The lowest BCUT2D eigenvalue weighted by Crippen LogP contribution is -2.46. The van der Waals surface area contributed by atoms with E-state index >= 15 is 0 Å². The molecule has 0 unspecified atom stereocenters. The van der Waals surface area contributed by atoms with Gasteiger partial charge in [0.2, 0.25) is 0 Å². The average Bonchev–Trinajstić information content (AvgIpc) is 3.02. The molecule has 3 aromatic rings. The first-order valence-corrected chi connectivity index (χ1v) is 8.85. The molecular weight excluding hydrogens is 374 g/mol. The maximum Gasteiger partial charge on any atom is 0.269 e. The second-order valence-corrected chi connectivity index (χ2v) is 6.72. The van der Waals surface area contributed by atoms with E-state index < -0.39 is 17.7 Å². The van der Waals surface area contributed by atoms with Crippen LogP contribution >= 0.6 is 22.9 Å². The first kappa shape index (κ1) is 17.9. The molecule has 1 aromatic heterocycles. The minimum absolute atomic E-state index is 0.293. The second kappa shape index (κ2) is 7.99. The summed E-state index contributed by atoms with van der Waals surface area (Å²) in [6, 6.07) is 15.8. The van der Waals surface area contributed by atoms with Crippen molar-refractivity contribution in [2.75, 3.05) is 6.54 Å². The highest BCUT2D eigenvalue weighted by atomic mass is 35.5. The number of carbonyl (C=O) groups is 3. The summed E-state index contributed by atoms with van der Waals surface area (Å²) in [6.45, 7) is -0.293. The van der Waals surface area contributed by atoms with Crippen molar-refractivity contribution >= 4 is 50.7 Å². The maximum atomic E-state index is 12.2. The Hall–Kier alpha value is -2.90. The molecule has 0 saturated carbocycles. The predicted molar refractivity (Wildman–Crippen MR) is 101 cm³/mol. The number of hydrogen-bond acceptors (Lipinski definition) is 4. The molecule has 0 radical (unpaired) electrons. The number of benzene rings is 2. The summed E-state index contributed by atoms with van der Waals surface area (Å²) in [6.07, 6.45) is 0. The first-order chi connectivity index (χ1) is 12.6. The number of nitrogens with one attached hydrogen (secondary N) is 3. The van der Waals surface area contributed by atoms with Crippen molar-refractivity contribution in [3.05, 3.63) is 70.1 Å². The van der Waals surface area contributed by atoms with E-state index in [1.54, 1.807) is 30.3 Å². The predicted octanol–water partition coefficient (Wildman–Crippen LogP) is 2.75. The van der Waals surface area contributed by atoms with Gasteiger partial charge in [-0.05, 0) is 18.2 Å². The normalized spacial score (nSPS) is 10.3. The Morgan fingerprint density at radius 2 is 1.58 bits per heavy atom. The smallest absolute Gasteiger partial charge is 0.269 e. The fourth-order valence-corrected chi connectivity index (χ4v) is 3.67. The Kier molecular flexibility index (Phi) is 5.50. The van der Waals surface area contributed by atoms with Gasteiger partial charge in [-0.1, -0.05) is 48.0 Å². The quantitative estimate of drug-likeness (QED) is 0.601. The topological polar surface area (TPSA) is 87.3 Å². The molecule has 0 spiro atoms. The molecule has 8 heteroatoms. The lowest BCUT2D eigenvalue weighted by molar-refractivity contribution is -0.120. The summed E-state index contributed by atoms with van der Waals surface area (Å²) in [5, 5.41) is 3.64. The Morgan fingerprint density at radius 1 is 0.885 bits per heavy atom. The zero-order chi connectivity index (χ0) is 18.5. The summed E-state index contributed by atoms with van der Waals surface area (Å²) in [4.78, 5) is 36.2. The molecule has 6 nitrogen and oxygen atoms in total. The Labute approximate surface area is 158 Å². The van der Waals surface area contributed by atoms with Crippen LogP contribution in [0.2, 0.25) is 5.02 Å². The highest BCUT2D eigenvalue weighted by Crippen LogP contribution is 2.34. The molecule has 1 heterocycles. The zero-order valence-corrected chi connectivity index (χ0v) is 15.0. The minimum Gasteiger partial charge on any atom is -0.342 e. The summed E-state index contributed by atoms with van der Waals surface area (Å²) in [7, 11) is 0. The molecule has 0 aliphatic rings. The highest BCUT2D eigenvalue weighted by molar-refractivity contribution is 7.21. The third-order valence-corrected chi connectivity index (χ3v) is 5.18. The number of rotatable bonds is 4. The van der Waals surface area contributed by atoms with Crippen LogP contribution in [0.4, 0.5) is 0 Å². The van der Waals surface area contributed by atoms with Gasteiger partial charge in [0, 0.05) is 15.6 Å². The SMILES string of the molecule is O=C(CNC(=O)c1sc2ccccc2c1Cl)NNC(=O)c1ccccc1. The summed E-state index contributed by atoms with van der Waals surface area (Å²) in [5.74, 6) is -1.45. The molecule has 0 bridgehead atoms. The van der Waals surface area contributed by atoms with Gasteiger partial charge in [0.15, 0.2) is 0 Å². The van der Waals surface area contributed by atoms with Crippen molar-refractivity contribution in [2.24, 2.45) is 0 Å². The van der Waals surface area contributed by atoms with Crippen LogP contribution in [-0.4, -0.2) is 24.3 Å². The van der Waals surface area contributed by atoms with Gasteiger partial charge in [-0.3, -0.25) is 25.2 Å². The Balaban J connectivity index is 1.53. The molecule has 3 amide bonds. The number of carbonyl (C=O) groups excluding carboxylic acids is 3. The van der Waals surface area contributed by atoms with Gasteiger partial charge in [0.25, 0.3) is 17.7 Å². The molecule has 26 heavy (non-hydrogen) atoms. The fourth-order valence-electron chi connectivity index (χ4n) is 2.23. The monoisotopic (exact) mass is 387 g/mol. The fraction of sp³-hybridized carbons (Fsp3) is 0.0556. The van der Waals surface area contributed by atoms with E-state index in [1.807, 2.05) is 24.3 Å². The molecular formula is C18H14ClN3O3S. The second-order valence-electron chi connectivity index (χ2n) is 5.29. The third kappa shape index (κ3) is 4.01. The van der Waals surface area contributed by atoms with E-state index in [9.17, 15) is 14.4 Å². The van der Waals surface area contributed by atoms with Crippen molar-refractivity contribution < 1.29 is 14.4 Å². The summed E-state index contributed by atoms with van der Waals surface area (Å²) >= 11 is 7.48.